The highest BCUT2D eigenvalue weighted by Crippen LogP contribution is 2.50. The summed E-state index contributed by atoms with van der Waals surface area (Å²) in [6, 6.07) is 13.6. The number of hydrogen-bond acceptors (Lipinski definition) is 27. The number of anilines is 1. The molecule has 0 saturated carbocycles. The molecule has 0 spiro atoms. The van der Waals surface area contributed by atoms with E-state index in [1.54, 1.807) is 0 Å². The van der Waals surface area contributed by atoms with Gasteiger partial charge in [0.2, 0.25) is 0 Å². The Morgan fingerprint density at radius 3 is 1.19 bits per heavy atom. The zero-order valence-electron chi connectivity index (χ0n) is 40.4. The summed E-state index contributed by atoms with van der Waals surface area (Å²) in [5, 5.41) is 72.3. The molecule has 0 aromatic heterocycles. The first-order valence-corrected chi connectivity index (χ1v) is 30.2. The van der Waals surface area contributed by atoms with Gasteiger partial charge in [0, 0.05) is 29.0 Å². The summed E-state index contributed by atoms with van der Waals surface area (Å²) in [6.45, 7) is 0. The Kier molecular flexibility index (Phi) is 15.4. The Balaban J connectivity index is 1.21. The van der Waals surface area contributed by atoms with Gasteiger partial charge < -0.3 is 25.8 Å². The number of nitro benzene ring substituents is 1. The Hall–Kier alpha value is -9.20. The van der Waals surface area contributed by atoms with Crippen molar-refractivity contribution >= 4 is 150 Å². The molecular weight excluding hydrogens is 1230 g/mol. The Labute approximate surface area is 463 Å². The Morgan fingerprint density at radius 1 is 0.422 bits per heavy atom. The maximum atomic E-state index is 12.8. The number of phenols is 3. The van der Waals surface area contributed by atoms with Crippen molar-refractivity contribution in [1.29, 1.82) is 0 Å². The number of nitrogens with zero attached hydrogens (tertiary/aromatic N) is 9. The molecule has 0 heterocycles. The van der Waals surface area contributed by atoms with E-state index in [1.807, 2.05) is 0 Å². The molecule has 8 rings (SSSR count). The van der Waals surface area contributed by atoms with Gasteiger partial charge in [-0.25, -0.2) is 0 Å². The van der Waals surface area contributed by atoms with Gasteiger partial charge in [0.1, 0.15) is 69.2 Å². The van der Waals surface area contributed by atoms with Crippen molar-refractivity contribution in [3.8, 4) is 23.0 Å². The van der Waals surface area contributed by atoms with E-state index < -0.39 is 169 Å². The average molecular weight is 1260 g/mol. The average Bonchev–Trinajstić information content (AvgIpc) is 3.00. The number of ether oxygens (including phenoxy) is 1. The number of phenolic OH excluding ortho intramolecular Hbond substituents is 3. The van der Waals surface area contributed by atoms with Crippen LogP contribution >= 0.6 is 0 Å². The van der Waals surface area contributed by atoms with Crippen LogP contribution in [0.1, 0.15) is 0 Å². The predicted molar refractivity (Wildman–Crippen MR) is 283 cm³/mol. The molecule has 0 unspecified atom stereocenters. The number of hydrogen-bond donors (Lipinski definition) is 10. The molecular formula is C43H30N10O24S6. The van der Waals surface area contributed by atoms with Crippen LogP contribution in [0.5, 0.6) is 23.0 Å². The van der Waals surface area contributed by atoms with Crippen LogP contribution in [0.25, 0.3) is 32.3 Å². The van der Waals surface area contributed by atoms with Crippen LogP contribution in [-0.2, 0) is 60.7 Å². The number of nitrogens with two attached hydrogens (primary N) is 1. The van der Waals surface area contributed by atoms with E-state index in [9.17, 15) is 103 Å². The van der Waals surface area contributed by atoms with E-state index in [0.29, 0.717) is 30.3 Å². The van der Waals surface area contributed by atoms with E-state index >= 15 is 0 Å². The Bertz CT molecular complexity index is 5040. The van der Waals surface area contributed by atoms with Crippen molar-refractivity contribution in [2.24, 2.45) is 40.9 Å². The molecule has 0 fully saturated rings. The quantitative estimate of drug-likeness (QED) is 0.0142. The Morgan fingerprint density at radius 2 is 0.783 bits per heavy atom. The first-order chi connectivity index (χ1) is 38.4. The molecule has 40 heteroatoms. The molecule has 0 atom stereocenters. The standard InChI is InChI=1S/C43H30N10O24S6/c1-77-24-5-9-28(30(17-24)79(62,63)64)48-52-39-33(82(71,72)73)13-19-11-22(3-7-26(19)42(39)55)46-50-40-34(83(74,75)76)15-20-14-31(80(65,66)67)37(36(44)35(20)43(40)56)49-45-21-2-6-25-18(10-21)12-32(81(68,69)70)38(41(25)54)51-47-27-8-4-23(53(57)58)16-29(27)78(59,60)61/h2-17,54-56H,44H2,1H3,(H,59,60,61)(H,62,63,64)(H,65,66,67)(H,68,69,70)(H,71,72,73)(H,74,75,76). The summed E-state index contributed by atoms with van der Waals surface area (Å²) < 4.78 is 215. The molecule has 432 valence electrons. The minimum Gasteiger partial charge on any atom is -0.505 e. The molecule has 11 N–H and O–H groups in total. The zero-order chi connectivity index (χ0) is 61.3. The number of nitrogen functional groups attached to an aromatic ring is 1. The number of nitro groups is 1. The third kappa shape index (κ3) is 12.2. The highest BCUT2D eigenvalue weighted by molar-refractivity contribution is 7.87. The summed E-state index contributed by atoms with van der Waals surface area (Å²) >= 11 is 0. The first kappa shape index (κ1) is 59.9. The van der Waals surface area contributed by atoms with Gasteiger partial charge in [-0.15, -0.1) is 30.7 Å². The lowest BCUT2D eigenvalue weighted by Gasteiger charge is -2.14. The van der Waals surface area contributed by atoms with E-state index in [1.165, 1.54) is 13.2 Å². The molecule has 0 saturated heterocycles. The second-order valence-corrected chi connectivity index (χ2v) is 25.0. The van der Waals surface area contributed by atoms with Crippen LogP contribution in [0.15, 0.2) is 167 Å². The van der Waals surface area contributed by atoms with Crippen molar-refractivity contribution in [2.45, 2.75) is 29.4 Å². The topological polar surface area (TPSA) is 564 Å². The molecule has 0 radical (unpaired) electrons. The minimum atomic E-state index is -5.48. The monoisotopic (exact) mass is 1260 g/mol. The van der Waals surface area contributed by atoms with Crippen molar-refractivity contribution in [3.05, 3.63) is 107 Å². The summed E-state index contributed by atoms with van der Waals surface area (Å²) in [5.41, 5.74) is -1.51. The maximum absolute atomic E-state index is 12.8. The smallest absolute Gasteiger partial charge is 0.297 e. The van der Waals surface area contributed by atoms with Gasteiger partial charge in [-0.2, -0.15) is 60.7 Å². The van der Waals surface area contributed by atoms with Gasteiger partial charge in [-0.1, -0.05) is 0 Å². The fourth-order valence-electron chi connectivity index (χ4n) is 7.73. The fourth-order valence-corrected chi connectivity index (χ4v) is 11.7. The van der Waals surface area contributed by atoms with E-state index in [2.05, 4.69) is 40.9 Å². The molecule has 8 aromatic carbocycles. The van der Waals surface area contributed by atoms with Crippen LogP contribution in [0, 0.1) is 10.1 Å². The number of azo groups is 4. The lowest BCUT2D eigenvalue weighted by Crippen LogP contribution is -2.03. The van der Waals surface area contributed by atoms with Crippen LogP contribution in [-0.4, -0.2) is 105 Å². The predicted octanol–water partition coefficient (Wildman–Crippen LogP) is 8.90. The highest BCUT2D eigenvalue weighted by Gasteiger charge is 2.30. The van der Waals surface area contributed by atoms with E-state index in [0.717, 1.165) is 60.7 Å². The maximum Gasteiger partial charge on any atom is 0.297 e. The van der Waals surface area contributed by atoms with E-state index in [4.69, 9.17) is 10.5 Å². The van der Waals surface area contributed by atoms with Gasteiger partial charge in [-0.05, 0) is 95.0 Å². The number of non-ortho nitro benzene ring substituents is 1. The van der Waals surface area contributed by atoms with Gasteiger partial charge in [0.15, 0.2) is 17.2 Å². The number of rotatable bonds is 16. The number of fused-ring (bicyclic) bond motifs is 3. The molecule has 0 aliphatic heterocycles. The molecule has 0 bridgehead atoms. The number of benzene rings is 8. The van der Waals surface area contributed by atoms with Crippen LogP contribution in [0.3, 0.4) is 0 Å². The van der Waals surface area contributed by atoms with Gasteiger partial charge in [0.05, 0.1) is 34.5 Å². The molecule has 0 aliphatic carbocycles. The normalized spacial score (nSPS) is 13.2. The molecule has 83 heavy (non-hydrogen) atoms. The summed E-state index contributed by atoms with van der Waals surface area (Å²) in [4.78, 5) is 3.41. The summed E-state index contributed by atoms with van der Waals surface area (Å²) in [6.07, 6.45) is 0. The second-order valence-electron chi connectivity index (χ2n) is 16.7. The van der Waals surface area contributed by atoms with Crippen LogP contribution < -0.4 is 10.5 Å². The summed E-state index contributed by atoms with van der Waals surface area (Å²) in [5.74, 6) is -3.35. The second kappa shape index (κ2) is 21.3. The lowest BCUT2D eigenvalue weighted by atomic mass is 10.0. The SMILES string of the molecule is COc1ccc(N=Nc2c(S(=O)(=O)O)cc3cc(N=Nc4c(S(=O)(=O)O)cc5cc(S(=O)(=O)O)c(N=Nc6ccc7c(O)c(N=Nc8ccc([N+](=O)[O-])cc8S(=O)(=O)O)c(S(=O)(=O)O)cc7c6)c(N)c5c4O)ccc3c2O)c(S(=O)(=O)O)c1. The fraction of sp³-hybridized carbons (Fsp3) is 0.0233. The first-order valence-electron chi connectivity index (χ1n) is 21.6. The van der Waals surface area contributed by atoms with Crippen LogP contribution in [0.4, 0.5) is 56.9 Å². The van der Waals surface area contributed by atoms with Crippen molar-refractivity contribution < 1.29 is 103 Å². The van der Waals surface area contributed by atoms with Crippen molar-refractivity contribution in [2.75, 3.05) is 12.8 Å². The van der Waals surface area contributed by atoms with Crippen molar-refractivity contribution in [3.63, 3.8) is 0 Å². The van der Waals surface area contributed by atoms with Crippen molar-refractivity contribution in [1.82, 2.24) is 0 Å². The highest BCUT2D eigenvalue weighted by atomic mass is 32.2. The number of aromatic hydroxyl groups is 3. The third-order valence-electron chi connectivity index (χ3n) is 11.4. The zero-order valence-corrected chi connectivity index (χ0v) is 45.3. The third-order valence-corrected chi connectivity index (χ3v) is 16.7. The van der Waals surface area contributed by atoms with Gasteiger partial charge in [-0.3, -0.25) is 37.4 Å². The van der Waals surface area contributed by atoms with E-state index in [-0.39, 0.29) is 38.7 Å². The van der Waals surface area contributed by atoms with Gasteiger partial charge >= 0.3 is 0 Å². The molecule has 8 aromatic rings. The molecule has 34 nitrogen and oxygen atoms in total. The molecule has 0 amide bonds. The summed E-state index contributed by atoms with van der Waals surface area (Å²) in [7, 11) is -30.7. The largest absolute Gasteiger partial charge is 0.505 e. The van der Waals surface area contributed by atoms with Gasteiger partial charge in [0.25, 0.3) is 66.4 Å². The molecule has 0 aliphatic rings. The van der Waals surface area contributed by atoms with Crippen LogP contribution in [0.2, 0.25) is 0 Å². The lowest BCUT2D eigenvalue weighted by molar-refractivity contribution is -0.385. The minimum absolute atomic E-state index is 0.0534. The number of methoxy groups -OCH3 is 1.